The molecule has 3 N–H and O–H groups in total. The molecule has 9 heteroatoms. The Kier molecular flexibility index (Phi) is 8.99. The van der Waals surface area contributed by atoms with Gasteiger partial charge < -0.3 is 25.2 Å². The molecule has 0 spiro atoms. The second-order valence-corrected chi connectivity index (χ2v) is 9.48. The van der Waals surface area contributed by atoms with Crippen molar-refractivity contribution in [2.24, 2.45) is 0 Å². The molecule has 2 atom stereocenters. The van der Waals surface area contributed by atoms with Gasteiger partial charge in [-0.15, -0.1) is 11.8 Å². The van der Waals surface area contributed by atoms with Gasteiger partial charge in [-0.05, 0) is 54.7 Å². The Morgan fingerprint density at radius 3 is 2.66 bits per heavy atom. The fourth-order valence-corrected chi connectivity index (χ4v) is 4.93. The van der Waals surface area contributed by atoms with E-state index in [4.69, 9.17) is 9.47 Å². The van der Waals surface area contributed by atoms with Gasteiger partial charge >= 0.3 is 12.0 Å². The number of fused-ring (bicyclic) bond motifs is 1. The van der Waals surface area contributed by atoms with Crippen molar-refractivity contribution in [1.82, 2.24) is 10.6 Å². The van der Waals surface area contributed by atoms with Crippen LogP contribution in [0.3, 0.4) is 0 Å². The second kappa shape index (κ2) is 11.9. The van der Waals surface area contributed by atoms with E-state index in [0.717, 1.165) is 17.9 Å². The van der Waals surface area contributed by atoms with Crippen LogP contribution in [-0.2, 0) is 4.79 Å². The number of carbonyl (C=O) groups is 2. The molecule has 2 aromatic rings. The van der Waals surface area contributed by atoms with E-state index in [1.165, 1.54) is 10.5 Å². The van der Waals surface area contributed by atoms with Gasteiger partial charge in [0.1, 0.15) is 0 Å². The minimum atomic E-state index is -0.998. The van der Waals surface area contributed by atoms with E-state index in [2.05, 4.69) is 29.7 Å². The van der Waals surface area contributed by atoms with Gasteiger partial charge in [0.15, 0.2) is 11.5 Å². The summed E-state index contributed by atoms with van der Waals surface area (Å²) in [4.78, 5) is 25.4. The third-order valence-electron chi connectivity index (χ3n) is 5.02. The number of rotatable bonds is 11. The average molecular weight is 477 g/mol. The predicted octanol–water partition coefficient (Wildman–Crippen LogP) is 4.45. The molecule has 32 heavy (non-hydrogen) atoms. The van der Waals surface area contributed by atoms with Crippen molar-refractivity contribution in [3.63, 3.8) is 0 Å². The lowest BCUT2D eigenvalue weighted by Crippen LogP contribution is -2.45. The lowest BCUT2D eigenvalue weighted by atomic mass is 10.0. The van der Waals surface area contributed by atoms with E-state index in [9.17, 15) is 14.7 Å². The van der Waals surface area contributed by atoms with Crippen molar-refractivity contribution in [3.8, 4) is 11.5 Å². The van der Waals surface area contributed by atoms with E-state index in [1.54, 1.807) is 41.7 Å². The monoisotopic (exact) mass is 476 g/mol. The van der Waals surface area contributed by atoms with Crippen molar-refractivity contribution in [2.75, 3.05) is 24.6 Å². The minimum absolute atomic E-state index is 0.0470. The number of urea groups is 1. The molecule has 1 aliphatic rings. The summed E-state index contributed by atoms with van der Waals surface area (Å²) in [7, 11) is 0. The van der Waals surface area contributed by atoms with Crippen molar-refractivity contribution >= 4 is 35.5 Å². The zero-order valence-corrected chi connectivity index (χ0v) is 19.8. The Hall–Kier alpha value is -2.52. The van der Waals surface area contributed by atoms with Crippen molar-refractivity contribution in [3.05, 3.63) is 53.6 Å². The molecular formula is C23H28N2O5S2. The van der Waals surface area contributed by atoms with Gasteiger partial charge in [0, 0.05) is 16.7 Å². The third-order valence-corrected chi connectivity index (χ3v) is 7.00. The molecule has 172 valence electrons. The maximum Gasteiger partial charge on any atom is 0.315 e. The van der Waals surface area contributed by atoms with Crippen LogP contribution in [0.2, 0.25) is 0 Å². The van der Waals surface area contributed by atoms with Crippen LogP contribution in [0.1, 0.15) is 30.0 Å². The summed E-state index contributed by atoms with van der Waals surface area (Å²) in [5.41, 5.74) is 1.86. The number of aryl methyl sites for hydroxylation is 1. The first-order valence-corrected chi connectivity index (χ1v) is 12.7. The van der Waals surface area contributed by atoms with E-state index in [0.29, 0.717) is 17.1 Å². The largest absolute Gasteiger partial charge is 0.481 e. The zero-order valence-electron chi connectivity index (χ0n) is 18.1. The number of carbonyl (C=O) groups excluding carboxylic acids is 1. The van der Waals surface area contributed by atoms with E-state index in [1.807, 2.05) is 18.4 Å². The number of nitrogens with one attached hydrogen (secondary N) is 2. The molecule has 0 aliphatic carbocycles. The SMILES string of the molecule is CSCC[C@@H](CSc1ccccc1C)NC(=O)N[C@@H](CC(=O)O)c1ccc2c(c1)OCO2. The highest BCUT2D eigenvalue weighted by molar-refractivity contribution is 7.99. The van der Waals surface area contributed by atoms with Crippen LogP contribution in [0.15, 0.2) is 47.4 Å². The molecule has 0 saturated heterocycles. The first kappa shape index (κ1) is 24.1. The number of ether oxygens (including phenoxy) is 2. The van der Waals surface area contributed by atoms with Gasteiger partial charge in [-0.2, -0.15) is 11.8 Å². The molecule has 2 amide bonds. The second-order valence-electron chi connectivity index (χ2n) is 7.44. The predicted molar refractivity (Wildman–Crippen MR) is 128 cm³/mol. The number of amides is 2. The van der Waals surface area contributed by atoms with Gasteiger partial charge in [-0.3, -0.25) is 4.79 Å². The number of carboxylic acids is 1. The number of hydrogen-bond acceptors (Lipinski definition) is 6. The van der Waals surface area contributed by atoms with Gasteiger partial charge in [-0.1, -0.05) is 24.3 Å². The number of benzene rings is 2. The quantitative estimate of drug-likeness (QED) is 0.412. The number of thioether (sulfide) groups is 2. The Bertz CT molecular complexity index is 940. The molecular weight excluding hydrogens is 448 g/mol. The van der Waals surface area contributed by atoms with Crippen LogP contribution in [0.4, 0.5) is 4.79 Å². The van der Waals surface area contributed by atoms with E-state index in [-0.39, 0.29) is 25.3 Å². The van der Waals surface area contributed by atoms with Crippen LogP contribution in [0, 0.1) is 6.92 Å². The molecule has 1 aliphatic heterocycles. The van der Waals surface area contributed by atoms with Crippen molar-refractivity contribution < 1.29 is 24.2 Å². The summed E-state index contributed by atoms with van der Waals surface area (Å²) in [5, 5.41) is 15.2. The summed E-state index contributed by atoms with van der Waals surface area (Å²) < 4.78 is 10.7. The molecule has 3 rings (SSSR count). The summed E-state index contributed by atoms with van der Waals surface area (Å²) >= 11 is 3.44. The van der Waals surface area contributed by atoms with E-state index >= 15 is 0 Å². The Morgan fingerprint density at radius 1 is 1.12 bits per heavy atom. The minimum Gasteiger partial charge on any atom is -0.481 e. The van der Waals surface area contributed by atoms with Crippen LogP contribution in [0.5, 0.6) is 11.5 Å². The van der Waals surface area contributed by atoms with Gasteiger partial charge in [-0.25, -0.2) is 4.79 Å². The highest BCUT2D eigenvalue weighted by Gasteiger charge is 2.23. The first-order valence-electron chi connectivity index (χ1n) is 10.3. The Labute approximate surface area is 196 Å². The number of carboxylic acid groups (broad SMARTS) is 1. The maximum absolute atomic E-state index is 12.8. The molecule has 7 nitrogen and oxygen atoms in total. The maximum atomic E-state index is 12.8. The fourth-order valence-electron chi connectivity index (χ4n) is 3.31. The summed E-state index contributed by atoms with van der Waals surface area (Å²) in [6.45, 7) is 2.20. The normalized spacial score (nSPS) is 13.9. The molecule has 0 bridgehead atoms. The molecule has 0 radical (unpaired) electrons. The molecule has 0 saturated carbocycles. The molecule has 2 aromatic carbocycles. The Morgan fingerprint density at radius 2 is 1.91 bits per heavy atom. The smallest absolute Gasteiger partial charge is 0.315 e. The van der Waals surface area contributed by atoms with Gasteiger partial charge in [0.2, 0.25) is 6.79 Å². The molecule has 1 heterocycles. The number of aliphatic carboxylic acids is 1. The summed E-state index contributed by atoms with van der Waals surface area (Å²) in [6.07, 6.45) is 2.62. The van der Waals surface area contributed by atoms with E-state index < -0.39 is 12.0 Å². The van der Waals surface area contributed by atoms with Crippen LogP contribution < -0.4 is 20.1 Å². The summed E-state index contributed by atoms with van der Waals surface area (Å²) in [5.74, 6) is 1.80. The molecule has 0 fully saturated rings. The van der Waals surface area contributed by atoms with Crippen LogP contribution in [-0.4, -0.2) is 47.7 Å². The summed E-state index contributed by atoms with van der Waals surface area (Å²) in [6, 6.07) is 12.2. The highest BCUT2D eigenvalue weighted by atomic mass is 32.2. The van der Waals surface area contributed by atoms with Gasteiger partial charge in [0.25, 0.3) is 0 Å². The standard InChI is InChI=1S/C23H28N2O5S2/c1-15-5-3-4-6-21(15)32-13-17(9-10-31-2)24-23(28)25-18(12-22(26)27)16-7-8-19-20(11-16)30-14-29-19/h3-8,11,17-18H,9-10,12-14H2,1-2H3,(H,26,27)(H2,24,25,28)/t17-,18-/m0/s1. The Balaban J connectivity index is 1.64. The first-order chi connectivity index (χ1) is 15.5. The lowest BCUT2D eigenvalue weighted by molar-refractivity contribution is -0.137. The lowest BCUT2D eigenvalue weighted by Gasteiger charge is -2.22. The number of hydrogen-bond donors (Lipinski definition) is 3. The molecule has 0 unspecified atom stereocenters. The van der Waals surface area contributed by atoms with Crippen molar-refractivity contribution in [2.45, 2.75) is 36.7 Å². The van der Waals surface area contributed by atoms with Gasteiger partial charge in [0.05, 0.1) is 12.5 Å². The topological polar surface area (TPSA) is 96.9 Å². The third kappa shape index (κ3) is 7.00. The fraction of sp³-hybridized carbons (Fsp3) is 0.391. The van der Waals surface area contributed by atoms with Crippen LogP contribution >= 0.6 is 23.5 Å². The zero-order chi connectivity index (χ0) is 22.9. The van der Waals surface area contributed by atoms with Crippen LogP contribution in [0.25, 0.3) is 0 Å². The average Bonchev–Trinajstić information content (AvgIpc) is 3.23. The molecule has 0 aromatic heterocycles. The van der Waals surface area contributed by atoms with Crippen molar-refractivity contribution in [1.29, 1.82) is 0 Å². The highest BCUT2D eigenvalue weighted by Crippen LogP contribution is 2.34.